The summed E-state index contributed by atoms with van der Waals surface area (Å²) in [6.45, 7) is 5.97. The standard InChI is InChI=1S/C22H26ClN3O3/c1-17(24-21(27)18-5-3-2-4-6-18)22(28)26-13-11-25(12-14-26)15-16-29-20-9-7-19(23)8-10-20/h2-10,17H,11-16H2,1H3,(H,24,27)/t17-/m0/s1. The Morgan fingerprint density at radius 1 is 1.03 bits per heavy atom. The van der Waals surface area contributed by atoms with Crippen LogP contribution in [0.3, 0.4) is 0 Å². The molecular weight excluding hydrogens is 390 g/mol. The molecule has 0 aromatic heterocycles. The second kappa shape index (κ2) is 10.3. The number of nitrogens with one attached hydrogen (secondary N) is 1. The van der Waals surface area contributed by atoms with Crippen LogP contribution in [0.1, 0.15) is 17.3 Å². The summed E-state index contributed by atoms with van der Waals surface area (Å²) in [4.78, 5) is 29.0. The summed E-state index contributed by atoms with van der Waals surface area (Å²) in [7, 11) is 0. The zero-order valence-corrected chi connectivity index (χ0v) is 17.3. The van der Waals surface area contributed by atoms with Crippen molar-refractivity contribution in [2.45, 2.75) is 13.0 Å². The first-order chi connectivity index (χ1) is 14.0. The van der Waals surface area contributed by atoms with Crippen molar-refractivity contribution < 1.29 is 14.3 Å². The molecule has 154 valence electrons. The van der Waals surface area contributed by atoms with Gasteiger partial charge < -0.3 is 15.0 Å². The number of nitrogens with zero attached hydrogens (tertiary/aromatic N) is 2. The number of halogens is 1. The molecule has 0 radical (unpaired) electrons. The number of benzene rings is 2. The maximum absolute atomic E-state index is 12.7. The minimum atomic E-state index is -0.553. The predicted molar refractivity (Wildman–Crippen MR) is 113 cm³/mol. The third-order valence-corrected chi connectivity index (χ3v) is 5.18. The van der Waals surface area contributed by atoms with Crippen molar-refractivity contribution in [1.82, 2.24) is 15.1 Å². The number of ether oxygens (including phenoxy) is 1. The zero-order valence-electron chi connectivity index (χ0n) is 16.5. The van der Waals surface area contributed by atoms with E-state index in [4.69, 9.17) is 16.3 Å². The van der Waals surface area contributed by atoms with Gasteiger partial charge >= 0.3 is 0 Å². The SMILES string of the molecule is C[C@H](NC(=O)c1ccccc1)C(=O)N1CCN(CCOc2ccc(Cl)cc2)CC1. The molecule has 6 nitrogen and oxygen atoms in total. The Bertz CT molecular complexity index is 806. The van der Waals surface area contributed by atoms with Gasteiger partial charge in [0.05, 0.1) is 0 Å². The molecule has 0 aliphatic carbocycles. The first-order valence-corrected chi connectivity index (χ1v) is 10.2. The molecule has 0 saturated carbocycles. The van der Waals surface area contributed by atoms with Gasteiger partial charge in [0.2, 0.25) is 5.91 Å². The van der Waals surface area contributed by atoms with Crippen molar-refractivity contribution in [2.75, 3.05) is 39.3 Å². The number of hydrogen-bond donors (Lipinski definition) is 1. The van der Waals surface area contributed by atoms with Crippen molar-refractivity contribution in [2.24, 2.45) is 0 Å². The molecule has 0 unspecified atom stereocenters. The molecule has 3 rings (SSSR count). The highest BCUT2D eigenvalue weighted by Gasteiger charge is 2.26. The third-order valence-electron chi connectivity index (χ3n) is 4.93. The first-order valence-electron chi connectivity index (χ1n) is 9.78. The van der Waals surface area contributed by atoms with E-state index in [9.17, 15) is 9.59 Å². The van der Waals surface area contributed by atoms with E-state index in [1.807, 2.05) is 23.1 Å². The lowest BCUT2D eigenvalue weighted by Crippen LogP contribution is -2.54. The van der Waals surface area contributed by atoms with E-state index < -0.39 is 6.04 Å². The van der Waals surface area contributed by atoms with E-state index in [0.717, 1.165) is 25.4 Å². The summed E-state index contributed by atoms with van der Waals surface area (Å²) in [5.41, 5.74) is 0.553. The van der Waals surface area contributed by atoms with Crippen molar-refractivity contribution in [3.63, 3.8) is 0 Å². The Morgan fingerprint density at radius 3 is 2.34 bits per heavy atom. The maximum atomic E-state index is 12.7. The van der Waals surface area contributed by atoms with Crippen molar-refractivity contribution in [1.29, 1.82) is 0 Å². The smallest absolute Gasteiger partial charge is 0.251 e. The molecule has 0 spiro atoms. The molecular formula is C22H26ClN3O3. The highest BCUT2D eigenvalue weighted by Crippen LogP contribution is 2.15. The summed E-state index contributed by atoms with van der Waals surface area (Å²) >= 11 is 5.87. The van der Waals surface area contributed by atoms with E-state index in [1.54, 1.807) is 43.3 Å². The maximum Gasteiger partial charge on any atom is 0.251 e. The highest BCUT2D eigenvalue weighted by molar-refractivity contribution is 6.30. The lowest BCUT2D eigenvalue weighted by atomic mass is 10.2. The van der Waals surface area contributed by atoms with Crippen LogP contribution in [0.25, 0.3) is 0 Å². The molecule has 1 aliphatic rings. The van der Waals surface area contributed by atoms with Gasteiger partial charge in [-0.3, -0.25) is 14.5 Å². The minimum Gasteiger partial charge on any atom is -0.492 e. The third kappa shape index (κ3) is 6.21. The van der Waals surface area contributed by atoms with Crippen molar-refractivity contribution >= 4 is 23.4 Å². The molecule has 1 saturated heterocycles. The molecule has 7 heteroatoms. The second-order valence-corrected chi connectivity index (χ2v) is 7.47. The van der Waals surface area contributed by atoms with Crippen LogP contribution in [0.4, 0.5) is 0 Å². The summed E-state index contributed by atoms with van der Waals surface area (Å²) in [5.74, 6) is 0.516. The number of hydrogen-bond acceptors (Lipinski definition) is 4. The topological polar surface area (TPSA) is 61.9 Å². The highest BCUT2D eigenvalue weighted by atomic mass is 35.5. The molecule has 1 fully saturated rings. The van der Waals surface area contributed by atoms with Gasteiger partial charge in [0.15, 0.2) is 0 Å². The fraction of sp³-hybridized carbons (Fsp3) is 0.364. The predicted octanol–water partition coefficient (Wildman–Crippen LogP) is 2.68. The Kier molecular flexibility index (Phi) is 7.49. The molecule has 1 N–H and O–H groups in total. The first kappa shape index (κ1) is 21.1. The number of carbonyl (C=O) groups is 2. The van der Waals surface area contributed by atoms with Crippen LogP contribution in [0.15, 0.2) is 54.6 Å². The summed E-state index contributed by atoms with van der Waals surface area (Å²) < 4.78 is 5.73. The lowest BCUT2D eigenvalue weighted by Gasteiger charge is -2.35. The van der Waals surface area contributed by atoms with Crippen molar-refractivity contribution in [3.05, 3.63) is 65.2 Å². The number of rotatable bonds is 7. The van der Waals surface area contributed by atoms with Crippen LogP contribution in [-0.2, 0) is 4.79 Å². The van der Waals surface area contributed by atoms with Crippen molar-refractivity contribution in [3.8, 4) is 5.75 Å². The lowest BCUT2D eigenvalue weighted by molar-refractivity contribution is -0.134. The van der Waals surface area contributed by atoms with Gasteiger partial charge in [-0.1, -0.05) is 29.8 Å². The average molecular weight is 416 g/mol. The molecule has 2 aromatic rings. The quantitative estimate of drug-likeness (QED) is 0.755. The number of piperazine rings is 1. The van der Waals surface area contributed by atoms with E-state index in [0.29, 0.717) is 30.3 Å². The van der Waals surface area contributed by atoms with Gasteiger partial charge in [0, 0.05) is 43.3 Å². The molecule has 2 amide bonds. The number of amides is 2. The van der Waals surface area contributed by atoms with Gasteiger partial charge in [-0.2, -0.15) is 0 Å². The van der Waals surface area contributed by atoms with Crippen LogP contribution >= 0.6 is 11.6 Å². The summed E-state index contributed by atoms with van der Waals surface area (Å²) in [6, 6.07) is 15.7. The Labute approximate surface area is 176 Å². The molecule has 29 heavy (non-hydrogen) atoms. The Balaban J connectivity index is 1.38. The Hall–Kier alpha value is -2.57. The largest absolute Gasteiger partial charge is 0.492 e. The minimum absolute atomic E-state index is 0.0497. The van der Waals surface area contributed by atoms with E-state index in [1.165, 1.54) is 0 Å². The van der Waals surface area contributed by atoms with Gasteiger partial charge in [-0.15, -0.1) is 0 Å². The van der Waals surface area contributed by atoms with Crippen LogP contribution in [-0.4, -0.2) is 67.0 Å². The van der Waals surface area contributed by atoms with Gasteiger partial charge in [0.1, 0.15) is 18.4 Å². The molecule has 1 heterocycles. The molecule has 0 bridgehead atoms. The van der Waals surface area contributed by atoms with E-state index in [-0.39, 0.29) is 11.8 Å². The zero-order chi connectivity index (χ0) is 20.6. The molecule has 1 aliphatic heterocycles. The fourth-order valence-corrected chi connectivity index (χ4v) is 3.35. The second-order valence-electron chi connectivity index (χ2n) is 7.03. The van der Waals surface area contributed by atoms with Gasteiger partial charge in [0.25, 0.3) is 5.91 Å². The summed E-state index contributed by atoms with van der Waals surface area (Å²) in [6.07, 6.45) is 0. The fourth-order valence-electron chi connectivity index (χ4n) is 3.22. The van der Waals surface area contributed by atoms with E-state index in [2.05, 4.69) is 10.2 Å². The van der Waals surface area contributed by atoms with Crippen LogP contribution < -0.4 is 10.1 Å². The number of carbonyl (C=O) groups excluding carboxylic acids is 2. The monoisotopic (exact) mass is 415 g/mol. The molecule has 1 atom stereocenters. The van der Waals surface area contributed by atoms with Crippen LogP contribution in [0, 0.1) is 0 Å². The van der Waals surface area contributed by atoms with E-state index >= 15 is 0 Å². The normalized spacial score (nSPS) is 15.6. The summed E-state index contributed by atoms with van der Waals surface area (Å²) in [5, 5.41) is 3.48. The average Bonchev–Trinajstić information content (AvgIpc) is 2.75. The van der Waals surface area contributed by atoms with Crippen LogP contribution in [0.5, 0.6) is 5.75 Å². The van der Waals surface area contributed by atoms with Gasteiger partial charge in [-0.05, 0) is 43.3 Å². The van der Waals surface area contributed by atoms with Gasteiger partial charge in [-0.25, -0.2) is 0 Å². The Morgan fingerprint density at radius 2 is 1.69 bits per heavy atom. The molecule has 2 aromatic carbocycles. The van der Waals surface area contributed by atoms with Crippen LogP contribution in [0.2, 0.25) is 5.02 Å².